The Hall–Kier alpha value is -2.87. The van der Waals surface area contributed by atoms with Gasteiger partial charge in [0.2, 0.25) is 5.96 Å². The van der Waals surface area contributed by atoms with Gasteiger partial charge in [-0.3, -0.25) is 14.6 Å². The van der Waals surface area contributed by atoms with Crippen molar-refractivity contribution in [2.24, 2.45) is 4.99 Å². The molecule has 0 spiro atoms. The summed E-state index contributed by atoms with van der Waals surface area (Å²) in [6, 6.07) is 7.87. The molecule has 8 nitrogen and oxygen atoms in total. The number of benzene rings is 1. The fourth-order valence-electron chi connectivity index (χ4n) is 4.75. The van der Waals surface area contributed by atoms with Gasteiger partial charge in [0.05, 0.1) is 0 Å². The number of imide groups is 1. The third-order valence-corrected chi connectivity index (χ3v) is 6.47. The largest absolute Gasteiger partial charge is 0.328 e. The Bertz CT molecular complexity index is 941. The lowest BCUT2D eigenvalue weighted by Crippen LogP contribution is -2.63. The summed E-state index contributed by atoms with van der Waals surface area (Å²) < 4.78 is 0. The Labute approximate surface area is 170 Å². The van der Waals surface area contributed by atoms with E-state index in [2.05, 4.69) is 34.1 Å². The van der Waals surface area contributed by atoms with Crippen LogP contribution >= 0.6 is 0 Å². The van der Waals surface area contributed by atoms with Crippen molar-refractivity contribution in [3.05, 3.63) is 47.3 Å². The summed E-state index contributed by atoms with van der Waals surface area (Å²) in [4.78, 5) is 39.1. The second kappa shape index (κ2) is 6.59. The van der Waals surface area contributed by atoms with Crippen molar-refractivity contribution in [3.63, 3.8) is 0 Å². The number of carbonyl (C=O) groups is 2. The molecule has 152 valence electrons. The predicted octanol–water partition coefficient (Wildman–Crippen LogP) is 1.11. The number of guanidine groups is 1. The number of hydrogen-bond acceptors (Lipinski definition) is 6. The molecule has 0 bridgehead atoms. The number of amides is 3. The Balaban J connectivity index is 1.31. The zero-order valence-corrected chi connectivity index (χ0v) is 17.1. The third-order valence-electron chi connectivity index (χ3n) is 6.47. The van der Waals surface area contributed by atoms with Gasteiger partial charge in [0.1, 0.15) is 0 Å². The Kier molecular flexibility index (Phi) is 4.13. The number of nitrogens with zero attached hydrogens (tertiary/aromatic N) is 6. The lowest BCUT2D eigenvalue weighted by molar-refractivity contribution is -0.135. The van der Waals surface area contributed by atoms with E-state index in [-0.39, 0.29) is 11.9 Å². The number of fused-ring (bicyclic) bond motifs is 4. The molecule has 1 saturated heterocycles. The SMILES string of the molecule is CC1=CN2C(=NC3C2C(=O)N(C)C(=O)N3C)N1CCN1CCc2ccccc2C1. The molecular formula is C21H26N6O2. The molecule has 5 rings (SSSR count). The van der Waals surface area contributed by atoms with E-state index in [0.717, 1.165) is 44.3 Å². The van der Waals surface area contributed by atoms with Gasteiger partial charge >= 0.3 is 6.03 Å². The number of aliphatic imine (C=N–C) groups is 1. The molecule has 4 aliphatic heterocycles. The molecule has 1 aromatic carbocycles. The standard InChI is InChI=1S/C21H26N6O2/c1-14-12-27-17-18(23(2)21(29)24(3)19(17)28)22-20(27)26(14)11-10-25-9-8-15-6-4-5-7-16(15)13-25/h4-7,12,17-18H,8-11,13H2,1-3H3. The molecule has 3 amide bonds. The maximum atomic E-state index is 12.7. The monoisotopic (exact) mass is 394 g/mol. The minimum absolute atomic E-state index is 0.199. The van der Waals surface area contributed by atoms with Crippen molar-refractivity contribution in [2.45, 2.75) is 32.1 Å². The molecule has 0 aromatic heterocycles. The third kappa shape index (κ3) is 2.73. The van der Waals surface area contributed by atoms with Gasteiger partial charge in [-0.2, -0.15) is 0 Å². The van der Waals surface area contributed by atoms with Gasteiger partial charge in [0, 0.05) is 52.2 Å². The highest BCUT2D eigenvalue weighted by Crippen LogP contribution is 2.33. The fourth-order valence-corrected chi connectivity index (χ4v) is 4.75. The van der Waals surface area contributed by atoms with Gasteiger partial charge in [0.25, 0.3) is 5.91 Å². The van der Waals surface area contributed by atoms with Crippen LogP contribution in [0.25, 0.3) is 0 Å². The first-order valence-corrected chi connectivity index (χ1v) is 10.1. The zero-order valence-electron chi connectivity index (χ0n) is 17.1. The highest BCUT2D eigenvalue weighted by Gasteiger charge is 2.53. The summed E-state index contributed by atoms with van der Waals surface area (Å²) in [7, 11) is 3.25. The van der Waals surface area contributed by atoms with Gasteiger partial charge in [-0.1, -0.05) is 24.3 Å². The molecular weight excluding hydrogens is 368 g/mol. The molecule has 0 N–H and O–H groups in total. The van der Waals surface area contributed by atoms with Crippen molar-refractivity contribution >= 4 is 17.9 Å². The Morgan fingerprint density at radius 3 is 2.66 bits per heavy atom. The quantitative estimate of drug-likeness (QED) is 0.769. The molecule has 1 aromatic rings. The highest BCUT2D eigenvalue weighted by molar-refractivity contribution is 6.04. The molecule has 4 aliphatic rings. The lowest BCUT2D eigenvalue weighted by Gasteiger charge is -2.38. The minimum atomic E-state index is -0.473. The van der Waals surface area contributed by atoms with Crippen molar-refractivity contribution < 1.29 is 9.59 Å². The first-order valence-electron chi connectivity index (χ1n) is 10.1. The van der Waals surface area contributed by atoms with Crippen LogP contribution in [-0.4, -0.2) is 88.3 Å². The van der Waals surface area contributed by atoms with Crippen LogP contribution in [0, 0.1) is 0 Å². The normalized spacial score (nSPS) is 26.4. The topological polar surface area (TPSA) is 62.7 Å². The smallest absolute Gasteiger partial charge is 0.313 e. The maximum Gasteiger partial charge on any atom is 0.328 e. The average molecular weight is 394 g/mol. The van der Waals surface area contributed by atoms with E-state index in [1.165, 1.54) is 23.1 Å². The summed E-state index contributed by atoms with van der Waals surface area (Å²) in [6.45, 7) is 5.79. The van der Waals surface area contributed by atoms with E-state index in [1.807, 2.05) is 18.0 Å². The fraction of sp³-hybridized carbons (Fsp3) is 0.476. The van der Waals surface area contributed by atoms with Crippen molar-refractivity contribution in [1.82, 2.24) is 24.5 Å². The second-order valence-electron chi connectivity index (χ2n) is 8.20. The minimum Gasteiger partial charge on any atom is -0.313 e. The maximum absolute atomic E-state index is 12.7. The molecule has 0 radical (unpaired) electrons. The predicted molar refractivity (Wildman–Crippen MR) is 109 cm³/mol. The molecule has 8 heteroatoms. The van der Waals surface area contributed by atoms with Gasteiger partial charge in [-0.15, -0.1) is 0 Å². The van der Waals surface area contributed by atoms with Crippen LogP contribution in [0.1, 0.15) is 18.1 Å². The summed E-state index contributed by atoms with van der Waals surface area (Å²) in [5.41, 5.74) is 3.94. The molecule has 29 heavy (non-hydrogen) atoms. The second-order valence-corrected chi connectivity index (χ2v) is 8.20. The average Bonchev–Trinajstić information content (AvgIpc) is 3.24. The van der Waals surface area contributed by atoms with Gasteiger partial charge in [-0.05, 0) is 24.5 Å². The van der Waals surface area contributed by atoms with Crippen LogP contribution in [0.2, 0.25) is 0 Å². The van der Waals surface area contributed by atoms with Crippen LogP contribution in [0.15, 0.2) is 41.2 Å². The van der Waals surface area contributed by atoms with E-state index in [4.69, 9.17) is 4.99 Å². The van der Waals surface area contributed by atoms with E-state index < -0.39 is 12.2 Å². The Morgan fingerprint density at radius 1 is 1.10 bits per heavy atom. The van der Waals surface area contributed by atoms with Crippen LogP contribution < -0.4 is 0 Å². The molecule has 1 fully saturated rings. The first kappa shape index (κ1) is 18.2. The summed E-state index contributed by atoms with van der Waals surface area (Å²) >= 11 is 0. The Morgan fingerprint density at radius 2 is 1.86 bits per heavy atom. The number of allylic oxidation sites excluding steroid dienone is 1. The van der Waals surface area contributed by atoms with Gasteiger partial charge in [-0.25, -0.2) is 9.79 Å². The zero-order chi connectivity index (χ0) is 20.3. The summed E-state index contributed by atoms with van der Waals surface area (Å²) in [5.74, 6) is 0.577. The first-order chi connectivity index (χ1) is 14.0. The van der Waals surface area contributed by atoms with Crippen LogP contribution in [0.3, 0.4) is 0 Å². The van der Waals surface area contributed by atoms with Crippen LogP contribution in [0.4, 0.5) is 4.79 Å². The molecule has 4 heterocycles. The van der Waals surface area contributed by atoms with E-state index in [9.17, 15) is 9.59 Å². The molecule has 0 aliphatic carbocycles. The number of carbonyl (C=O) groups excluding carboxylic acids is 2. The van der Waals surface area contributed by atoms with Gasteiger partial charge < -0.3 is 14.7 Å². The van der Waals surface area contributed by atoms with Crippen molar-refractivity contribution in [3.8, 4) is 0 Å². The molecule has 0 saturated carbocycles. The number of likely N-dealkylation sites (N-methyl/N-ethyl adjacent to an activating group) is 2. The van der Waals surface area contributed by atoms with Crippen molar-refractivity contribution in [1.29, 1.82) is 0 Å². The highest BCUT2D eigenvalue weighted by atomic mass is 16.2. The number of urea groups is 1. The summed E-state index contributed by atoms with van der Waals surface area (Å²) in [5, 5.41) is 0. The van der Waals surface area contributed by atoms with Crippen molar-refractivity contribution in [2.75, 3.05) is 33.7 Å². The molecule has 2 unspecified atom stereocenters. The van der Waals surface area contributed by atoms with E-state index in [0.29, 0.717) is 0 Å². The summed E-state index contributed by atoms with van der Waals surface area (Å²) in [6.07, 6.45) is 2.61. The molecule has 2 atom stereocenters. The van der Waals surface area contributed by atoms with Gasteiger partial charge in [0.15, 0.2) is 12.2 Å². The van der Waals surface area contributed by atoms with Crippen LogP contribution in [0.5, 0.6) is 0 Å². The van der Waals surface area contributed by atoms with E-state index >= 15 is 0 Å². The number of hydrogen-bond donors (Lipinski definition) is 0. The lowest BCUT2D eigenvalue weighted by atomic mass is 10.00. The number of rotatable bonds is 3. The van der Waals surface area contributed by atoms with E-state index in [1.54, 1.807) is 11.9 Å². The van der Waals surface area contributed by atoms with Crippen LogP contribution in [-0.2, 0) is 17.8 Å².